The predicted molar refractivity (Wildman–Crippen MR) is 69.6 cm³/mol. The lowest BCUT2D eigenvalue weighted by Crippen LogP contribution is -2.08. The van der Waals surface area contributed by atoms with Crippen molar-refractivity contribution in [3.8, 4) is 0 Å². The number of hydrogen-bond donors (Lipinski definition) is 0. The van der Waals surface area contributed by atoms with Crippen molar-refractivity contribution < 1.29 is 8.42 Å². The number of aromatic nitrogens is 1. The van der Waals surface area contributed by atoms with Crippen LogP contribution in [0.1, 0.15) is 5.56 Å². The minimum atomic E-state index is -3.21. The van der Waals surface area contributed by atoms with Gasteiger partial charge in [-0.25, -0.2) is 12.4 Å². The summed E-state index contributed by atoms with van der Waals surface area (Å²) in [4.78, 5) is 0. The summed E-state index contributed by atoms with van der Waals surface area (Å²) in [5.74, 6) is 0. The normalized spacial score (nSPS) is 12.2. The maximum Gasteiger partial charge on any atom is 0.236 e. The van der Waals surface area contributed by atoms with Crippen LogP contribution in [-0.2, 0) is 10.0 Å². The van der Waals surface area contributed by atoms with Gasteiger partial charge >= 0.3 is 0 Å². The van der Waals surface area contributed by atoms with Crippen LogP contribution in [0.3, 0.4) is 0 Å². The van der Waals surface area contributed by atoms with Crippen molar-refractivity contribution in [1.82, 2.24) is 3.97 Å². The molecule has 0 N–H and O–H groups in total. The summed E-state index contributed by atoms with van der Waals surface area (Å²) in [5.41, 5.74) is 1.87. The first kappa shape index (κ1) is 10.9. The molecule has 5 heteroatoms. The van der Waals surface area contributed by atoms with Crippen LogP contribution < -0.4 is 0 Å². The van der Waals surface area contributed by atoms with E-state index in [0.717, 1.165) is 20.0 Å². The first-order chi connectivity index (χ1) is 6.89. The van der Waals surface area contributed by atoms with E-state index in [1.807, 2.05) is 25.1 Å². The maximum atomic E-state index is 11.5. The van der Waals surface area contributed by atoms with Gasteiger partial charge in [0.15, 0.2) is 0 Å². The Morgan fingerprint density at radius 1 is 1.33 bits per heavy atom. The Hall–Kier alpha value is -0.560. The van der Waals surface area contributed by atoms with Crippen LogP contribution in [0.15, 0.2) is 24.4 Å². The molecule has 0 bridgehead atoms. The fourth-order valence-electron chi connectivity index (χ4n) is 1.55. The van der Waals surface area contributed by atoms with Crippen molar-refractivity contribution in [2.24, 2.45) is 0 Å². The molecule has 1 heterocycles. The Bertz CT molecular complexity index is 628. The van der Waals surface area contributed by atoms with Gasteiger partial charge in [0.05, 0.1) is 11.8 Å². The summed E-state index contributed by atoms with van der Waals surface area (Å²) in [6.45, 7) is 1.99. The van der Waals surface area contributed by atoms with Crippen molar-refractivity contribution in [2.75, 3.05) is 6.26 Å². The van der Waals surface area contributed by atoms with Crippen LogP contribution in [0, 0.1) is 10.5 Å². The quantitative estimate of drug-likeness (QED) is 0.751. The van der Waals surface area contributed by atoms with E-state index in [0.29, 0.717) is 0 Å². The number of hydrogen-bond acceptors (Lipinski definition) is 2. The van der Waals surface area contributed by atoms with Gasteiger partial charge in [-0.1, -0.05) is 11.6 Å². The minimum absolute atomic E-state index is 0.743. The van der Waals surface area contributed by atoms with E-state index >= 15 is 0 Å². The minimum Gasteiger partial charge on any atom is -0.244 e. The molecule has 0 spiro atoms. The van der Waals surface area contributed by atoms with Crippen LogP contribution in [0.5, 0.6) is 0 Å². The third-order valence-electron chi connectivity index (χ3n) is 2.23. The molecule has 2 rings (SSSR count). The van der Waals surface area contributed by atoms with Gasteiger partial charge < -0.3 is 0 Å². The maximum absolute atomic E-state index is 11.5. The molecule has 0 atom stereocenters. The molecule has 0 aliphatic heterocycles. The van der Waals surface area contributed by atoms with Crippen LogP contribution >= 0.6 is 22.6 Å². The molecule has 15 heavy (non-hydrogen) atoms. The predicted octanol–water partition coefficient (Wildman–Crippen LogP) is 2.36. The first-order valence-corrected chi connectivity index (χ1v) is 7.30. The van der Waals surface area contributed by atoms with Crippen molar-refractivity contribution in [3.63, 3.8) is 0 Å². The number of nitrogens with zero attached hydrogens (tertiary/aromatic N) is 1. The van der Waals surface area contributed by atoms with Crippen molar-refractivity contribution in [2.45, 2.75) is 6.92 Å². The molecule has 0 fully saturated rings. The molecule has 2 aromatic rings. The molecule has 1 aromatic carbocycles. The van der Waals surface area contributed by atoms with E-state index in [2.05, 4.69) is 22.6 Å². The fraction of sp³-hybridized carbons (Fsp3) is 0.200. The first-order valence-electron chi connectivity index (χ1n) is 4.37. The number of fused-ring (bicyclic) bond motifs is 1. The van der Waals surface area contributed by atoms with Crippen LogP contribution in [0.2, 0.25) is 0 Å². The molecule has 0 unspecified atom stereocenters. The molecule has 0 radical (unpaired) electrons. The Labute approximate surface area is 102 Å². The lowest BCUT2D eigenvalue weighted by Gasteiger charge is -2.01. The highest BCUT2D eigenvalue weighted by Gasteiger charge is 2.12. The molecule has 0 amide bonds. The second-order valence-electron chi connectivity index (χ2n) is 3.56. The molecule has 3 nitrogen and oxygen atoms in total. The van der Waals surface area contributed by atoms with Gasteiger partial charge in [0, 0.05) is 15.2 Å². The van der Waals surface area contributed by atoms with Gasteiger partial charge in [-0.15, -0.1) is 0 Å². The highest BCUT2D eigenvalue weighted by molar-refractivity contribution is 14.1. The van der Waals surface area contributed by atoms with E-state index < -0.39 is 10.0 Å². The lowest BCUT2D eigenvalue weighted by atomic mass is 10.2. The largest absolute Gasteiger partial charge is 0.244 e. The summed E-state index contributed by atoms with van der Waals surface area (Å²) in [6.07, 6.45) is 2.86. The van der Waals surface area contributed by atoms with E-state index in [1.54, 1.807) is 6.20 Å². The molecule has 1 aromatic heterocycles. The monoisotopic (exact) mass is 335 g/mol. The van der Waals surface area contributed by atoms with Crippen LogP contribution in [0.25, 0.3) is 10.9 Å². The summed E-state index contributed by atoms with van der Waals surface area (Å²) in [5, 5.41) is 0.987. The lowest BCUT2D eigenvalue weighted by molar-refractivity contribution is 0.595. The summed E-state index contributed by atoms with van der Waals surface area (Å²) >= 11 is 2.15. The fourth-order valence-corrected chi connectivity index (χ4v) is 3.26. The Morgan fingerprint density at radius 2 is 2.00 bits per heavy atom. The highest BCUT2D eigenvalue weighted by Crippen LogP contribution is 2.25. The standard InChI is InChI=1S/C10H10INO2S/c1-7-3-4-10-8(5-7)9(11)6-12(10)15(2,13)14/h3-6H,1-2H3. The molecule has 0 saturated carbocycles. The summed E-state index contributed by atoms with van der Waals surface area (Å²) in [7, 11) is -3.21. The van der Waals surface area contributed by atoms with E-state index in [-0.39, 0.29) is 0 Å². The Kier molecular flexibility index (Phi) is 2.54. The SMILES string of the molecule is Cc1ccc2c(c1)c(I)cn2S(C)(=O)=O. The third-order valence-corrected chi connectivity index (χ3v) is 4.11. The zero-order valence-electron chi connectivity index (χ0n) is 8.36. The van der Waals surface area contributed by atoms with Crippen molar-refractivity contribution in [3.05, 3.63) is 33.5 Å². The molecule has 0 aliphatic rings. The molecule has 0 saturated heterocycles. The third kappa shape index (κ3) is 1.90. The molecular weight excluding hydrogens is 325 g/mol. The van der Waals surface area contributed by atoms with Crippen molar-refractivity contribution in [1.29, 1.82) is 0 Å². The summed E-state index contributed by atoms with van der Waals surface area (Å²) < 4.78 is 25.3. The van der Waals surface area contributed by atoms with Gasteiger partial charge in [-0.3, -0.25) is 0 Å². The smallest absolute Gasteiger partial charge is 0.236 e. The van der Waals surface area contributed by atoms with E-state index in [4.69, 9.17) is 0 Å². The molecule has 80 valence electrons. The van der Waals surface area contributed by atoms with Crippen molar-refractivity contribution >= 4 is 43.5 Å². The topological polar surface area (TPSA) is 39.1 Å². The second kappa shape index (κ2) is 3.48. The number of rotatable bonds is 1. The summed E-state index contributed by atoms with van der Waals surface area (Å²) in [6, 6.07) is 5.76. The average Bonchev–Trinajstić information content (AvgIpc) is 2.43. The second-order valence-corrected chi connectivity index (χ2v) is 6.58. The van der Waals surface area contributed by atoms with Crippen LogP contribution in [0.4, 0.5) is 0 Å². The zero-order chi connectivity index (χ0) is 11.2. The number of aryl methyl sites for hydroxylation is 1. The Morgan fingerprint density at radius 3 is 2.60 bits per heavy atom. The Balaban J connectivity index is 2.92. The number of halogens is 1. The van der Waals surface area contributed by atoms with E-state index in [9.17, 15) is 8.42 Å². The highest BCUT2D eigenvalue weighted by atomic mass is 127. The van der Waals surface area contributed by atoms with Gasteiger partial charge in [-0.2, -0.15) is 0 Å². The van der Waals surface area contributed by atoms with E-state index in [1.165, 1.54) is 10.2 Å². The van der Waals surface area contributed by atoms with Gasteiger partial charge in [0.1, 0.15) is 0 Å². The zero-order valence-corrected chi connectivity index (χ0v) is 11.3. The van der Waals surface area contributed by atoms with Crippen LogP contribution in [-0.4, -0.2) is 18.6 Å². The molecular formula is C10H10INO2S. The van der Waals surface area contributed by atoms with Gasteiger partial charge in [0.25, 0.3) is 0 Å². The number of benzene rings is 1. The van der Waals surface area contributed by atoms with Gasteiger partial charge in [0.2, 0.25) is 10.0 Å². The molecule has 0 aliphatic carbocycles. The van der Waals surface area contributed by atoms with Gasteiger partial charge in [-0.05, 0) is 41.6 Å². The average molecular weight is 335 g/mol.